The van der Waals surface area contributed by atoms with E-state index < -0.39 is 0 Å². The molecular formula is C13H17Cl2NO. The Bertz CT molecular complexity index is 378. The van der Waals surface area contributed by atoms with Crippen LogP contribution in [0.3, 0.4) is 0 Å². The quantitative estimate of drug-likeness (QED) is 0.914. The van der Waals surface area contributed by atoms with Crippen LogP contribution in [0.25, 0.3) is 0 Å². The fourth-order valence-corrected chi connectivity index (χ4v) is 2.67. The van der Waals surface area contributed by atoms with Crippen LogP contribution < -0.4 is 5.73 Å². The summed E-state index contributed by atoms with van der Waals surface area (Å²) in [5, 5.41) is 1.23. The van der Waals surface area contributed by atoms with Crippen LogP contribution in [0.15, 0.2) is 18.2 Å². The molecule has 2 rings (SSSR count). The third kappa shape index (κ3) is 3.59. The van der Waals surface area contributed by atoms with E-state index in [1.807, 2.05) is 12.1 Å². The Morgan fingerprint density at radius 3 is 2.94 bits per heavy atom. The average molecular weight is 274 g/mol. The van der Waals surface area contributed by atoms with Gasteiger partial charge >= 0.3 is 0 Å². The first-order valence-electron chi connectivity index (χ1n) is 5.93. The van der Waals surface area contributed by atoms with Gasteiger partial charge in [0.25, 0.3) is 0 Å². The summed E-state index contributed by atoms with van der Waals surface area (Å²) in [4.78, 5) is 0. The first-order valence-corrected chi connectivity index (χ1v) is 6.68. The molecule has 2 N–H and O–H groups in total. The molecule has 0 aromatic heterocycles. The topological polar surface area (TPSA) is 35.2 Å². The van der Waals surface area contributed by atoms with Gasteiger partial charge in [0.2, 0.25) is 0 Å². The summed E-state index contributed by atoms with van der Waals surface area (Å²) < 4.78 is 5.35. The largest absolute Gasteiger partial charge is 0.381 e. The maximum atomic E-state index is 6.15. The Hall–Kier alpha value is -0.280. The van der Waals surface area contributed by atoms with E-state index in [2.05, 4.69) is 0 Å². The van der Waals surface area contributed by atoms with Crippen molar-refractivity contribution >= 4 is 23.2 Å². The summed E-state index contributed by atoms with van der Waals surface area (Å²) >= 11 is 12.1. The highest BCUT2D eigenvalue weighted by molar-refractivity contribution is 6.42. The fourth-order valence-electron chi connectivity index (χ4n) is 2.27. The van der Waals surface area contributed by atoms with Gasteiger partial charge in [0.05, 0.1) is 10.0 Å². The molecule has 0 bridgehead atoms. The molecule has 0 aliphatic carbocycles. The minimum Gasteiger partial charge on any atom is -0.381 e. The number of rotatable bonds is 4. The van der Waals surface area contributed by atoms with Crippen LogP contribution in [0.4, 0.5) is 0 Å². The molecule has 94 valence electrons. The van der Waals surface area contributed by atoms with Crippen LogP contribution in [-0.4, -0.2) is 19.3 Å². The highest BCUT2D eigenvalue weighted by Gasteiger charge is 2.19. The molecule has 0 saturated carbocycles. The summed E-state index contributed by atoms with van der Waals surface area (Å²) in [6.07, 6.45) is 2.88. The molecule has 1 saturated heterocycles. The van der Waals surface area contributed by atoms with Crippen molar-refractivity contribution < 1.29 is 4.74 Å². The summed E-state index contributed by atoms with van der Waals surface area (Å²) in [6.45, 7) is 1.71. The van der Waals surface area contributed by atoms with E-state index in [0.717, 1.165) is 38.0 Å². The van der Waals surface area contributed by atoms with Crippen molar-refractivity contribution in [3.63, 3.8) is 0 Å². The van der Waals surface area contributed by atoms with Gasteiger partial charge in [-0.2, -0.15) is 0 Å². The third-order valence-electron chi connectivity index (χ3n) is 3.17. The Morgan fingerprint density at radius 1 is 1.41 bits per heavy atom. The van der Waals surface area contributed by atoms with Crippen molar-refractivity contribution in [3.8, 4) is 0 Å². The molecule has 1 fully saturated rings. The number of ether oxygens (including phenoxy) is 1. The minimum atomic E-state index is 0.123. The number of nitrogens with two attached hydrogens (primary N) is 1. The molecular weight excluding hydrogens is 257 g/mol. The molecule has 1 aromatic rings. The predicted molar refractivity (Wildman–Crippen MR) is 71.7 cm³/mol. The van der Waals surface area contributed by atoms with Crippen LogP contribution in [0.1, 0.15) is 18.4 Å². The van der Waals surface area contributed by atoms with Gasteiger partial charge in [-0.05, 0) is 36.8 Å². The maximum Gasteiger partial charge on any atom is 0.0624 e. The molecule has 0 amide bonds. The van der Waals surface area contributed by atoms with Crippen molar-refractivity contribution in [2.24, 2.45) is 11.7 Å². The summed E-state index contributed by atoms with van der Waals surface area (Å²) in [6, 6.07) is 5.82. The summed E-state index contributed by atoms with van der Waals surface area (Å²) in [7, 11) is 0. The number of hydrogen-bond acceptors (Lipinski definition) is 2. The molecule has 1 aliphatic rings. The first-order chi connectivity index (χ1) is 8.16. The van der Waals surface area contributed by atoms with Crippen molar-refractivity contribution in [2.75, 3.05) is 13.2 Å². The second-order valence-corrected chi connectivity index (χ2v) is 5.43. The molecule has 2 unspecified atom stereocenters. The summed E-state index contributed by atoms with van der Waals surface area (Å²) in [5.74, 6) is 0.600. The number of hydrogen-bond donors (Lipinski definition) is 1. The lowest BCUT2D eigenvalue weighted by Gasteiger charge is -2.16. The van der Waals surface area contributed by atoms with Gasteiger partial charge in [-0.15, -0.1) is 0 Å². The lowest BCUT2D eigenvalue weighted by atomic mass is 9.95. The van der Waals surface area contributed by atoms with E-state index in [1.165, 1.54) is 0 Å². The van der Waals surface area contributed by atoms with E-state index in [4.69, 9.17) is 33.7 Å². The Kier molecular flexibility index (Phi) is 4.69. The molecule has 0 radical (unpaired) electrons. The predicted octanol–water partition coefficient (Wildman–Crippen LogP) is 3.29. The molecule has 1 aliphatic heterocycles. The molecule has 17 heavy (non-hydrogen) atoms. The maximum absolute atomic E-state index is 6.15. The van der Waals surface area contributed by atoms with E-state index >= 15 is 0 Å². The van der Waals surface area contributed by atoms with E-state index in [1.54, 1.807) is 6.07 Å². The van der Waals surface area contributed by atoms with Crippen LogP contribution in [-0.2, 0) is 11.2 Å². The zero-order valence-electron chi connectivity index (χ0n) is 9.66. The molecule has 0 spiro atoms. The van der Waals surface area contributed by atoms with Crippen LogP contribution in [0.5, 0.6) is 0 Å². The fraction of sp³-hybridized carbons (Fsp3) is 0.538. The monoisotopic (exact) mass is 273 g/mol. The Balaban J connectivity index is 1.93. The van der Waals surface area contributed by atoms with Gasteiger partial charge in [0.15, 0.2) is 0 Å². The van der Waals surface area contributed by atoms with Crippen molar-refractivity contribution in [3.05, 3.63) is 33.8 Å². The Labute approximate surface area is 112 Å². The van der Waals surface area contributed by atoms with Gasteiger partial charge < -0.3 is 10.5 Å². The van der Waals surface area contributed by atoms with E-state index in [-0.39, 0.29) is 6.04 Å². The van der Waals surface area contributed by atoms with Gasteiger partial charge in [0, 0.05) is 19.3 Å². The molecule has 2 atom stereocenters. The van der Waals surface area contributed by atoms with Gasteiger partial charge in [0.1, 0.15) is 0 Å². The lowest BCUT2D eigenvalue weighted by molar-refractivity contribution is 0.182. The van der Waals surface area contributed by atoms with Gasteiger partial charge in [-0.3, -0.25) is 0 Å². The van der Waals surface area contributed by atoms with Crippen LogP contribution in [0, 0.1) is 5.92 Å². The second-order valence-electron chi connectivity index (χ2n) is 4.64. The molecule has 1 heterocycles. The minimum absolute atomic E-state index is 0.123. The number of benzene rings is 1. The standard InChI is InChI=1S/C13H17Cl2NO/c14-12-3-1-2-10(13(12)15)7-11(16)6-9-4-5-17-8-9/h1-3,9,11H,4-8,16H2. The first kappa shape index (κ1) is 13.2. The molecule has 1 aromatic carbocycles. The van der Waals surface area contributed by atoms with Crippen LogP contribution >= 0.6 is 23.2 Å². The smallest absolute Gasteiger partial charge is 0.0624 e. The van der Waals surface area contributed by atoms with E-state index in [9.17, 15) is 0 Å². The zero-order valence-corrected chi connectivity index (χ0v) is 11.2. The average Bonchev–Trinajstić information content (AvgIpc) is 2.77. The third-order valence-corrected chi connectivity index (χ3v) is 4.03. The Morgan fingerprint density at radius 2 is 2.24 bits per heavy atom. The van der Waals surface area contributed by atoms with Crippen molar-refractivity contribution in [2.45, 2.75) is 25.3 Å². The lowest BCUT2D eigenvalue weighted by Crippen LogP contribution is -2.26. The second kappa shape index (κ2) is 6.05. The molecule has 2 nitrogen and oxygen atoms in total. The SMILES string of the molecule is NC(Cc1cccc(Cl)c1Cl)CC1CCOC1. The van der Waals surface area contributed by atoms with Crippen molar-refractivity contribution in [1.29, 1.82) is 0 Å². The highest BCUT2D eigenvalue weighted by Crippen LogP contribution is 2.27. The summed E-state index contributed by atoms with van der Waals surface area (Å²) in [5.41, 5.74) is 7.18. The molecule has 4 heteroatoms. The number of halogens is 2. The zero-order chi connectivity index (χ0) is 12.3. The van der Waals surface area contributed by atoms with Crippen LogP contribution in [0.2, 0.25) is 10.0 Å². The van der Waals surface area contributed by atoms with E-state index in [0.29, 0.717) is 16.0 Å². The van der Waals surface area contributed by atoms with Crippen molar-refractivity contribution in [1.82, 2.24) is 0 Å². The van der Waals surface area contributed by atoms with Gasteiger partial charge in [-0.25, -0.2) is 0 Å². The normalized spacial score (nSPS) is 21.7. The highest BCUT2D eigenvalue weighted by atomic mass is 35.5. The van der Waals surface area contributed by atoms with Gasteiger partial charge in [-0.1, -0.05) is 35.3 Å².